The highest BCUT2D eigenvalue weighted by molar-refractivity contribution is 7.99. The lowest BCUT2D eigenvalue weighted by molar-refractivity contribution is 0.750. The monoisotopic (exact) mass is 294 g/mol. The summed E-state index contributed by atoms with van der Waals surface area (Å²) in [7, 11) is 1.83. The van der Waals surface area contributed by atoms with Crippen molar-refractivity contribution in [3.8, 4) is 5.95 Å². The van der Waals surface area contributed by atoms with Gasteiger partial charge in [0.05, 0.1) is 0 Å². The Balaban J connectivity index is 1.96. The molecule has 96 valence electrons. The number of hydrogen-bond donors (Lipinski definition) is 0. The molecule has 3 heterocycles. The zero-order valence-electron chi connectivity index (χ0n) is 9.67. The van der Waals surface area contributed by atoms with Crippen LogP contribution in [-0.4, -0.2) is 39.5 Å². The van der Waals surface area contributed by atoms with Crippen LogP contribution in [0.2, 0.25) is 5.28 Å². The van der Waals surface area contributed by atoms with Crippen LogP contribution in [0, 0.1) is 0 Å². The van der Waals surface area contributed by atoms with Crippen LogP contribution < -0.4 is 0 Å². The zero-order chi connectivity index (χ0) is 13.2. The number of nitrogens with zero attached hydrogens (tertiary/aromatic N) is 8. The Labute approximate surface area is 116 Å². The summed E-state index contributed by atoms with van der Waals surface area (Å²) in [6.07, 6.45) is 4.95. The van der Waals surface area contributed by atoms with Crippen LogP contribution in [0.5, 0.6) is 0 Å². The molecule has 0 aliphatic heterocycles. The molecule has 0 aromatic carbocycles. The number of rotatable bonds is 3. The molecule has 0 N–H and O–H groups in total. The average Bonchev–Trinajstić information content (AvgIpc) is 3.01. The number of aromatic nitrogens is 8. The van der Waals surface area contributed by atoms with Gasteiger partial charge in [-0.1, -0.05) is 0 Å². The van der Waals surface area contributed by atoms with Crippen molar-refractivity contribution in [2.75, 3.05) is 0 Å². The van der Waals surface area contributed by atoms with E-state index in [1.807, 2.05) is 7.05 Å². The molecular weight excluding hydrogens is 288 g/mol. The molecular formula is C9H7ClN8S. The Morgan fingerprint density at radius 1 is 1.26 bits per heavy atom. The molecule has 0 radical (unpaired) electrons. The predicted molar refractivity (Wildman–Crippen MR) is 67.1 cm³/mol. The fraction of sp³-hybridized carbons (Fsp3) is 0.111. The van der Waals surface area contributed by atoms with Crippen molar-refractivity contribution in [2.45, 2.75) is 10.3 Å². The smallest absolute Gasteiger partial charge is 0.255 e. The van der Waals surface area contributed by atoms with E-state index in [1.165, 1.54) is 16.4 Å². The van der Waals surface area contributed by atoms with Crippen LogP contribution in [0.25, 0.3) is 5.95 Å². The molecule has 3 aromatic rings. The molecule has 10 heteroatoms. The Morgan fingerprint density at radius 2 is 2.16 bits per heavy atom. The lowest BCUT2D eigenvalue weighted by Crippen LogP contribution is -2.04. The first kappa shape index (κ1) is 12.1. The van der Waals surface area contributed by atoms with Gasteiger partial charge in [-0.2, -0.15) is 20.1 Å². The van der Waals surface area contributed by atoms with E-state index in [-0.39, 0.29) is 5.28 Å². The van der Waals surface area contributed by atoms with Gasteiger partial charge in [-0.15, -0.1) is 10.2 Å². The quantitative estimate of drug-likeness (QED) is 0.712. The molecule has 3 aromatic heterocycles. The van der Waals surface area contributed by atoms with Gasteiger partial charge in [0.25, 0.3) is 5.95 Å². The molecule has 0 saturated carbocycles. The second-order valence-electron chi connectivity index (χ2n) is 3.46. The molecule has 0 amide bonds. The van der Waals surface area contributed by atoms with Gasteiger partial charge in [0.15, 0.2) is 5.16 Å². The van der Waals surface area contributed by atoms with E-state index in [2.05, 4.69) is 30.2 Å². The van der Waals surface area contributed by atoms with Crippen molar-refractivity contribution < 1.29 is 0 Å². The van der Waals surface area contributed by atoms with Crippen LogP contribution in [0.1, 0.15) is 0 Å². The molecule has 0 aliphatic carbocycles. The van der Waals surface area contributed by atoms with Crippen molar-refractivity contribution >= 4 is 23.4 Å². The van der Waals surface area contributed by atoms with E-state index < -0.39 is 0 Å². The van der Waals surface area contributed by atoms with Gasteiger partial charge in [0, 0.05) is 19.4 Å². The van der Waals surface area contributed by atoms with Crippen LogP contribution in [0.15, 0.2) is 35.1 Å². The summed E-state index contributed by atoms with van der Waals surface area (Å²) in [5.41, 5.74) is 0. The Kier molecular flexibility index (Phi) is 3.13. The molecule has 0 aliphatic rings. The van der Waals surface area contributed by atoms with Gasteiger partial charge in [0.2, 0.25) is 10.4 Å². The number of hydrogen-bond acceptors (Lipinski definition) is 7. The fourth-order valence-corrected chi connectivity index (χ4v) is 2.21. The van der Waals surface area contributed by atoms with E-state index in [9.17, 15) is 0 Å². The van der Waals surface area contributed by atoms with Crippen molar-refractivity contribution in [1.29, 1.82) is 0 Å². The topological polar surface area (TPSA) is 87.2 Å². The summed E-state index contributed by atoms with van der Waals surface area (Å²) in [6, 6.07) is 1.77. The van der Waals surface area contributed by atoms with Gasteiger partial charge >= 0.3 is 0 Å². The molecule has 8 nitrogen and oxygen atoms in total. The molecule has 19 heavy (non-hydrogen) atoms. The second kappa shape index (κ2) is 4.94. The van der Waals surface area contributed by atoms with Crippen molar-refractivity contribution in [3.63, 3.8) is 0 Å². The zero-order valence-corrected chi connectivity index (χ0v) is 11.2. The molecule has 0 bridgehead atoms. The summed E-state index contributed by atoms with van der Waals surface area (Å²) >= 11 is 7.14. The van der Waals surface area contributed by atoms with Crippen molar-refractivity contribution in [3.05, 3.63) is 30.1 Å². The highest BCUT2D eigenvalue weighted by Crippen LogP contribution is 2.22. The SMILES string of the molecule is Cn1cnnc1Sc1nc(Cl)nc(-n2cccn2)n1. The summed E-state index contributed by atoms with van der Waals surface area (Å²) in [6.45, 7) is 0. The van der Waals surface area contributed by atoms with Crippen LogP contribution in [-0.2, 0) is 7.05 Å². The minimum atomic E-state index is 0.102. The maximum atomic E-state index is 5.89. The third-order valence-electron chi connectivity index (χ3n) is 2.14. The summed E-state index contributed by atoms with van der Waals surface area (Å²) in [5.74, 6) is 0.356. The molecule has 0 atom stereocenters. The fourth-order valence-electron chi connectivity index (χ4n) is 1.30. The second-order valence-corrected chi connectivity index (χ2v) is 4.74. The third kappa shape index (κ3) is 2.56. The van der Waals surface area contributed by atoms with Crippen molar-refractivity contribution in [2.24, 2.45) is 7.05 Å². The minimum Gasteiger partial charge on any atom is -0.311 e. The minimum absolute atomic E-state index is 0.102. The number of aryl methyl sites for hydroxylation is 1. The Morgan fingerprint density at radius 3 is 2.84 bits per heavy atom. The van der Waals surface area contributed by atoms with E-state index in [1.54, 1.807) is 29.4 Å². The maximum absolute atomic E-state index is 5.89. The summed E-state index contributed by atoms with van der Waals surface area (Å²) in [5, 5.41) is 13.0. The summed E-state index contributed by atoms with van der Waals surface area (Å²) < 4.78 is 3.27. The lowest BCUT2D eigenvalue weighted by Gasteiger charge is -2.03. The largest absolute Gasteiger partial charge is 0.311 e. The van der Waals surface area contributed by atoms with E-state index in [0.717, 1.165) is 0 Å². The molecule has 3 rings (SSSR count). The third-order valence-corrected chi connectivity index (χ3v) is 3.22. The van der Waals surface area contributed by atoms with Crippen LogP contribution in [0.4, 0.5) is 0 Å². The van der Waals surface area contributed by atoms with Crippen molar-refractivity contribution in [1.82, 2.24) is 39.5 Å². The van der Waals surface area contributed by atoms with E-state index in [0.29, 0.717) is 16.3 Å². The van der Waals surface area contributed by atoms with Gasteiger partial charge < -0.3 is 4.57 Å². The van der Waals surface area contributed by atoms with E-state index in [4.69, 9.17) is 11.6 Å². The van der Waals surface area contributed by atoms with Crippen LogP contribution in [0.3, 0.4) is 0 Å². The first-order valence-electron chi connectivity index (χ1n) is 5.16. The Hall–Kier alpha value is -2.00. The standard InChI is InChI=1S/C9H7ClN8S/c1-17-5-11-16-9(17)19-8-14-6(10)13-7(15-8)18-4-2-3-12-18/h2-5H,1H3. The first-order valence-corrected chi connectivity index (χ1v) is 6.35. The lowest BCUT2D eigenvalue weighted by atomic mass is 10.7. The average molecular weight is 295 g/mol. The van der Waals surface area contributed by atoms with Gasteiger partial charge in [-0.3, -0.25) is 0 Å². The molecule has 0 saturated heterocycles. The highest BCUT2D eigenvalue weighted by atomic mass is 35.5. The van der Waals surface area contributed by atoms with Gasteiger partial charge in [-0.25, -0.2) is 4.68 Å². The maximum Gasteiger partial charge on any atom is 0.255 e. The highest BCUT2D eigenvalue weighted by Gasteiger charge is 2.11. The normalized spacial score (nSPS) is 10.8. The molecule has 0 spiro atoms. The first-order chi connectivity index (χ1) is 9.22. The van der Waals surface area contributed by atoms with Gasteiger partial charge in [0.1, 0.15) is 6.33 Å². The predicted octanol–water partition coefficient (Wildman–Crippen LogP) is 0.990. The van der Waals surface area contributed by atoms with Crippen LogP contribution >= 0.6 is 23.4 Å². The van der Waals surface area contributed by atoms with Gasteiger partial charge in [-0.05, 0) is 29.4 Å². The molecule has 0 unspecified atom stereocenters. The Bertz CT molecular complexity index is 694. The number of halogens is 1. The summed E-state index contributed by atoms with van der Waals surface area (Å²) in [4.78, 5) is 12.3. The molecule has 0 fully saturated rings. The van der Waals surface area contributed by atoms with E-state index >= 15 is 0 Å².